The number of carboxylic acid groups (broad SMARTS) is 1. The number of fused-ring (bicyclic) bond motifs is 1. The Hall–Kier alpha value is -2.30. The van der Waals surface area contributed by atoms with E-state index in [-0.39, 0.29) is 5.70 Å². The zero-order valence-corrected chi connectivity index (χ0v) is 9.00. The third kappa shape index (κ3) is 2.13. The first-order valence-electron chi connectivity index (χ1n) is 5.12. The van der Waals surface area contributed by atoms with Crippen molar-refractivity contribution in [2.24, 2.45) is 0 Å². The summed E-state index contributed by atoms with van der Waals surface area (Å²) in [6, 6.07) is 7.13. The molecule has 0 saturated carbocycles. The van der Waals surface area contributed by atoms with Crippen molar-refractivity contribution in [1.82, 2.24) is 0 Å². The van der Waals surface area contributed by atoms with Gasteiger partial charge < -0.3 is 14.7 Å². The summed E-state index contributed by atoms with van der Waals surface area (Å²) in [5.74, 6) is -0.509. The zero-order chi connectivity index (χ0) is 12.3. The molecule has 0 radical (unpaired) electrons. The molecule has 0 saturated heterocycles. The molecule has 1 aromatic rings. The Kier molecular flexibility index (Phi) is 3.09. The second kappa shape index (κ2) is 4.69. The fraction of sp³-hybridized carbons (Fsp3) is 0.167. The fourth-order valence-electron chi connectivity index (χ4n) is 1.76. The van der Waals surface area contributed by atoms with Gasteiger partial charge in [-0.1, -0.05) is 12.1 Å². The maximum absolute atomic E-state index is 11.1. The lowest BCUT2D eigenvalue weighted by Gasteiger charge is -2.30. The first-order valence-corrected chi connectivity index (χ1v) is 5.12. The molecule has 1 heterocycles. The normalized spacial score (nSPS) is 14.8. The van der Waals surface area contributed by atoms with Crippen LogP contribution in [0.2, 0.25) is 0 Å². The summed E-state index contributed by atoms with van der Waals surface area (Å²) < 4.78 is 5.41. The van der Waals surface area contributed by atoms with Crippen molar-refractivity contribution in [1.29, 1.82) is 0 Å². The van der Waals surface area contributed by atoms with E-state index in [0.29, 0.717) is 30.9 Å². The SMILES string of the molecule is O=C/C=C(\C(=O)O)N1CCOc2ccccc21. The van der Waals surface area contributed by atoms with E-state index >= 15 is 0 Å². The first kappa shape index (κ1) is 11.2. The zero-order valence-electron chi connectivity index (χ0n) is 9.00. The molecule has 0 fully saturated rings. The van der Waals surface area contributed by atoms with Crippen LogP contribution in [0.15, 0.2) is 36.0 Å². The van der Waals surface area contributed by atoms with E-state index in [1.54, 1.807) is 23.1 Å². The van der Waals surface area contributed by atoms with Crippen molar-refractivity contribution in [3.8, 4) is 5.75 Å². The van der Waals surface area contributed by atoms with E-state index in [1.807, 2.05) is 6.07 Å². The molecule has 0 amide bonds. The Bertz CT molecular complexity index is 481. The monoisotopic (exact) mass is 233 g/mol. The summed E-state index contributed by atoms with van der Waals surface area (Å²) in [6.45, 7) is 0.795. The van der Waals surface area contributed by atoms with Crippen molar-refractivity contribution in [2.75, 3.05) is 18.1 Å². The predicted octanol–water partition coefficient (Wildman–Crippen LogP) is 1.05. The third-order valence-corrected chi connectivity index (χ3v) is 2.46. The molecule has 0 atom stereocenters. The van der Waals surface area contributed by atoms with E-state index in [1.165, 1.54) is 0 Å². The second-order valence-corrected chi connectivity index (χ2v) is 3.46. The molecule has 5 heteroatoms. The number of allylic oxidation sites excluding steroid dienone is 1. The molecule has 1 aliphatic rings. The lowest BCUT2D eigenvalue weighted by atomic mass is 10.2. The standard InChI is InChI=1S/C12H11NO4/c14-7-5-10(12(15)16)13-6-8-17-11-4-2-1-3-9(11)13/h1-5,7H,6,8H2,(H,15,16)/b10-5+. The highest BCUT2D eigenvalue weighted by Crippen LogP contribution is 2.33. The molecule has 2 rings (SSSR count). The quantitative estimate of drug-likeness (QED) is 0.624. The summed E-state index contributed by atoms with van der Waals surface area (Å²) in [4.78, 5) is 23.1. The van der Waals surface area contributed by atoms with Gasteiger partial charge in [0.05, 0.1) is 12.2 Å². The van der Waals surface area contributed by atoms with Crippen molar-refractivity contribution < 1.29 is 19.4 Å². The van der Waals surface area contributed by atoms with E-state index in [2.05, 4.69) is 0 Å². The van der Waals surface area contributed by atoms with Gasteiger partial charge in [-0.25, -0.2) is 4.79 Å². The van der Waals surface area contributed by atoms with Gasteiger partial charge in [-0.2, -0.15) is 0 Å². The lowest BCUT2D eigenvalue weighted by Crippen LogP contribution is -2.35. The minimum absolute atomic E-state index is 0.0456. The molecule has 0 aromatic heterocycles. The fourth-order valence-corrected chi connectivity index (χ4v) is 1.76. The Morgan fingerprint density at radius 3 is 2.88 bits per heavy atom. The van der Waals surface area contributed by atoms with Gasteiger partial charge in [0.15, 0.2) is 0 Å². The molecule has 5 nitrogen and oxygen atoms in total. The minimum atomic E-state index is -1.13. The third-order valence-electron chi connectivity index (χ3n) is 2.46. The van der Waals surface area contributed by atoms with Crippen LogP contribution in [0.4, 0.5) is 5.69 Å². The van der Waals surface area contributed by atoms with E-state index < -0.39 is 5.97 Å². The number of aldehydes is 1. The number of carbonyl (C=O) groups excluding carboxylic acids is 1. The molecule has 1 aliphatic heterocycles. The Labute approximate surface area is 97.9 Å². The molecule has 0 bridgehead atoms. The van der Waals surface area contributed by atoms with E-state index in [9.17, 15) is 9.59 Å². The topological polar surface area (TPSA) is 66.8 Å². The van der Waals surface area contributed by atoms with Gasteiger partial charge >= 0.3 is 5.97 Å². The van der Waals surface area contributed by atoms with Gasteiger partial charge in [-0.05, 0) is 12.1 Å². The van der Waals surface area contributed by atoms with E-state index in [0.717, 1.165) is 6.08 Å². The molecule has 0 aliphatic carbocycles. The summed E-state index contributed by atoms with van der Waals surface area (Å²) in [7, 11) is 0. The highest BCUT2D eigenvalue weighted by molar-refractivity contribution is 5.95. The van der Waals surface area contributed by atoms with Crippen LogP contribution >= 0.6 is 0 Å². The number of anilines is 1. The molecule has 0 spiro atoms. The van der Waals surface area contributed by atoms with Crippen LogP contribution in [-0.2, 0) is 9.59 Å². The molecular formula is C12H11NO4. The van der Waals surface area contributed by atoms with Crippen molar-refractivity contribution in [3.63, 3.8) is 0 Å². The number of rotatable bonds is 3. The maximum Gasteiger partial charge on any atom is 0.352 e. The minimum Gasteiger partial charge on any atom is -0.490 e. The van der Waals surface area contributed by atoms with Crippen LogP contribution in [0.1, 0.15) is 0 Å². The highest BCUT2D eigenvalue weighted by atomic mass is 16.5. The number of benzene rings is 1. The predicted molar refractivity (Wildman–Crippen MR) is 61.1 cm³/mol. The summed E-state index contributed by atoms with van der Waals surface area (Å²) in [5, 5.41) is 9.07. The highest BCUT2D eigenvalue weighted by Gasteiger charge is 2.24. The number of nitrogens with zero attached hydrogens (tertiary/aromatic N) is 1. The average molecular weight is 233 g/mol. The average Bonchev–Trinajstić information content (AvgIpc) is 2.35. The number of carbonyl (C=O) groups is 2. The lowest BCUT2D eigenvalue weighted by molar-refractivity contribution is -0.132. The molecule has 88 valence electrons. The van der Waals surface area contributed by atoms with E-state index in [4.69, 9.17) is 9.84 Å². The van der Waals surface area contributed by atoms with Crippen LogP contribution in [0, 0.1) is 0 Å². The van der Waals surface area contributed by atoms with Gasteiger partial charge in [0.25, 0.3) is 0 Å². The number of ether oxygens (including phenoxy) is 1. The molecule has 0 unspecified atom stereocenters. The van der Waals surface area contributed by atoms with Crippen LogP contribution in [0.25, 0.3) is 0 Å². The number of carboxylic acids is 1. The largest absolute Gasteiger partial charge is 0.490 e. The van der Waals surface area contributed by atoms with Gasteiger partial charge in [0.1, 0.15) is 24.3 Å². The number of hydrogen-bond acceptors (Lipinski definition) is 4. The smallest absolute Gasteiger partial charge is 0.352 e. The molecular weight excluding hydrogens is 222 g/mol. The molecule has 1 N–H and O–H groups in total. The van der Waals surface area contributed by atoms with Crippen LogP contribution in [-0.4, -0.2) is 30.5 Å². The van der Waals surface area contributed by atoms with Crippen molar-refractivity contribution >= 4 is 17.9 Å². The Balaban J connectivity index is 2.44. The second-order valence-electron chi connectivity index (χ2n) is 3.46. The van der Waals surface area contributed by atoms with Crippen molar-refractivity contribution in [2.45, 2.75) is 0 Å². The summed E-state index contributed by atoms with van der Waals surface area (Å²) >= 11 is 0. The van der Waals surface area contributed by atoms with Gasteiger partial charge in [0, 0.05) is 6.08 Å². The van der Waals surface area contributed by atoms with Crippen LogP contribution in [0.3, 0.4) is 0 Å². The summed E-state index contributed by atoms with van der Waals surface area (Å²) in [6.07, 6.45) is 1.52. The Morgan fingerprint density at radius 2 is 2.18 bits per heavy atom. The van der Waals surface area contributed by atoms with Crippen molar-refractivity contribution in [3.05, 3.63) is 36.0 Å². The number of para-hydroxylation sites is 2. The van der Waals surface area contributed by atoms with Crippen LogP contribution in [0.5, 0.6) is 5.75 Å². The van der Waals surface area contributed by atoms with Gasteiger partial charge in [-0.15, -0.1) is 0 Å². The first-order chi connectivity index (χ1) is 8.24. The van der Waals surface area contributed by atoms with Gasteiger partial charge in [0.2, 0.25) is 0 Å². The Morgan fingerprint density at radius 1 is 1.41 bits per heavy atom. The summed E-state index contributed by atoms with van der Waals surface area (Å²) in [5.41, 5.74) is 0.616. The maximum atomic E-state index is 11.1. The number of hydrogen-bond donors (Lipinski definition) is 1. The molecule has 17 heavy (non-hydrogen) atoms. The van der Waals surface area contributed by atoms with Gasteiger partial charge in [-0.3, -0.25) is 4.79 Å². The van der Waals surface area contributed by atoms with Crippen LogP contribution < -0.4 is 9.64 Å². The molecule has 1 aromatic carbocycles. The number of aliphatic carboxylic acids is 1.